The lowest BCUT2D eigenvalue weighted by Gasteiger charge is -2.21. The summed E-state index contributed by atoms with van der Waals surface area (Å²) in [6.45, 7) is 12.0. The number of carbonyl (C=O) groups is 4. The summed E-state index contributed by atoms with van der Waals surface area (Å²) in [5, 5.41) is 10.6. The number of aliphatic hydroxyl groups is 1. The van der Waals surface area contributed by atoms with Gasteiger partial charge in [-0.1, -0.05) is 363 Å². The number of aliphatic hydroxyl groups excluding tert-OH is 1. The molecule has 17 nitrogen and oxygen atoms in total. The second-order valence-electron chi connectivity index (χ2n) is 29.8. The molecule has 0 heterocycles. The van der Waals surface area contributed by atoms with Gasteiger partial charge in [-0.05, 0) is 43.4 Å². The van der Waals surface area contributed by atoms with Gasteiger partial charge in [-0.15, -0.1) is 0 Å². The third-order valence-corrected chi connectivity index (χ3v) is 21.3. The van der Waals surface area contributed by atoms with Crippen LogP contribution in [-0.4, -0.2) is 96.7 Å². The Morgan fingerprint density at radius 1 is 0.293 bits per heavy atom. The van der Waals surface area contributed by atoms with Crippen LogP contribution in [0.3, 0.4) is 0 Å². The zero-order valence-corrected chi connectivity index (χ0v) is 66.8. The minimum atomic E-state index is -4.96. The molecule has 0 spiro atoms. The first-order valence-corrected chi connectivity index (χ1v) is 44.4. The van der Waals surface area contributed by atoms with Crippen LogP contribution in [-0.2, 0) is 65.4 Å². The Balaban J connectivity index is 5.27. The first-order chi connectivity index (χ1) is 47.8. The first-order valence-electron chi connectivity index (χ1n) is 41.4. The molecule has 0 amide bonds. The molecule has 99 heavy (non-hydrogen) atoms. The minimum absolute atomic E-state index is 0.106. The fraction of sp³-hybridized carbons (Fsp3) is 0.950. The number of esters is 4. The second kappa shape index (κ2) is 70.4. The maximum Gasteiger partial charge on any atom is 0.472 e. The molecule has 0 aliphatic heterocycles. The van der Waals surface area contributed by atoms with Gasteiger partial charge < -0.3 is 33.8 Å². The molecule has 0 aromatic heterocycles. The van der Waals surface area contributed by atoms with Crippen molar-refractivity contribution in [3.63, 3.8) is 0 Å². The maximum atomic E-state index is 13.1. The molecular weight excluding hydrogens is 1290 g/mol. The van der Waals surface area contributed by atoms with Crippen LogP contribution in [0.15, 0.2) is 0 Å². The van der Waals surface area contributed by atoms with Crippen LogP contribution < -0.4 is 0 Å². The van der Waals surface area contributed by atoms with Crippen molar-refractivity contribution in [3.8, 4) is 0 Å². The van der Waals surface area contributed by atoms with Crippen molar-refractivity contribution in [2.45, 2.75) is 433 Å². The molecule has 7 atom stereocenters. The third-order valence-electron chi connectivity index (χ3n) is 19.4. The zero-order chi connectivity index (χ0) is 73.0. The van der Waals surface area contributed by atoms with Crippen LogP contribution in [0.5, 0.6) is 0 Å². The van der Waals surface area contributed by atoms with Crippen molar-refractivity contribution in [2.75, 3.05) is 39.6 Å². The Morgan fingerprint density at radius 3 is 0.768 bits per heavy atom. The van der Waals surface area contributed by atoms with E-state index < -0.39 is 97.5 Å². The Morgan fingerprint density at radius 2 is 0.515 bits per heavy atom. The Kier molecular flexibility index (Phi) is 69.0. The summed E-state index contributed by atoms with van der Waals surface area (Å²) < 4.78 is 68.7. The molecule has 3 N–H and O–H groups in total. The van der Waals surface area contributed by atoms with Crippen LogP contribution in [0.1, 0.15) is 414 Å². The molecule has 0 saturated heterocycles. The molecule has 0 aliphatic rings. The van der Waals surface area contributed by atoms with E-state index in [2.05, 4.69) is 48.5 Å². The summed E-state index contributed by atoms with van der Waals surface area (Å²) in [7, 11) is -9.92. The van der Waals surface area contributed by atoms with Crippen molar-refractivity contribution < 1.29 is 80.2 Å². The smallest absolute Gasteiger partial charge is 0.462 e. The van der Waals surface area contributed by atoms with Gasteiger partial charge in [0.1, 0.15) is 19.3 Å². The van der Waals surface area contributed by atoms with Crippen molar-refractivity contribution in [3.05, 3.63) is 0 Å². The van der Waals surface area contributed by atoms with E-state index in [9.17, 15) is 43.2 Å². The quantitative estimate of drug-likeness (QED) is 0.0222. The Bertz CT molecular complexity index is 1930. The van der Waals surface area contributed by atoms with Gasteiger partial charge in [0.2, 0.25) is 0 Å². The summed E-state index contributed by atoms with van der Waals surface area (Å²) in [5.41, 5.74) is 0. The van der Waals surface area contributed by atoms with Gasteiger partial charge in [0, 0.05) is 25.7 Å². The molecule has 4 unspecified atom stereocenters. The SMILES string of the molecule is CCCCCCCCCCCCCCCCCCC(=O)OC[C@H](COP(=O)(O)OC[C@@H](O)COP(=O)(O)OC[C@@H](COC(=O)CCCCCCCCCCC(C)C)OC(=O)CCCCCCCCCCCCC(C)CC)OC(=O)CCCCCCCCCCCCCCCCC(C)CC. The Labute approximate surface area is 607 Å². The molecular formula is C80H156O17P2. The summed E-state index contributed by atoms with van der Waals surface area (Å²) in [4.78, 5) is 73.0. The number of ether oxygens (including phenoxy) is 4. The number of rotatable bonds is 78. The number of phosphoric ester groups is 2. The van der Waals surface area contributed by atoms with E-state index in [1.165, 1.54) is 225 Å². The Hall–Kier alpha value is -1.94. The lowest BCUT2D eigenvalue weighted by molar-refractivity contribution is -0.161. The second-order valence-corrected chi connectivity index (χ2v) is 32.7. The van der Waals surface area contributed by atoms with E-state index in [-0.39, 0.29) is 25.7 Å². The van der Waals surface area contributed by atoms with E-state index in [4.69, 9.17) is 37.0 Å². The lowest BCUT2D eigenvalue weighted by atomic mass is 9.99. The lowest BCUT2D eigenvalue weighted by Crippen LogP contribution is -2.30. The predicted octanol–water partition coefficient (Wildman–Crippen LogP) is 23.7. The summed E-state index contributed by atoms with van der Waals surface area (Å²) in [6.07, 6.45) is 58.1. The average molecular weight is 1450 g/mol. The number of hydrogen-bond donors (Lipinski definition) is 3. The molecule has 588 valence electrons. The number of carbonyl (C=O) groups excluding carboxylic acids is 4. The molecule has 0 radical (unpaired) electrons. The van der Waals surface area contributed by atoms with Crippen LogP contribution in [0.25, 0.3) is 0 Å². The van der Waals surface area contributed by atoms with Crippen LogP contribution in [0, 0.1) is 17.8 Å². The highest BCUT2D eigenvalue weighted by Gasteiger charge is 2.30. The van der Waals surface area contributed by atoms with E-state index in [1.807, 2.05) is 0 Å². The zero-order valence-electron chi connectivity index (χ0n) is 65.0. The number of phosphoric acid groups is 2. The molecule has 0 saturated carbocycles. The van der Waals surface area contributed by atoms with Crippen molar-refractivity contribution in [1.82, 2.24) is 0 Å². The van der Waals surface area contributed by atoms with Gasteiger partial charge in [0.15, 0.2) is 12.2 Å². The molecule has 0 fully saturated rings. The van der Waals surface area contributed by atoms with E-state index >= 15 is 0 Å². The largest absolute Gasteiger partial charge is 0.472 e. The fourth-order valence-corrected chi connectivity index (χ4v) is 13.8. The topological polar surface area (TPSA) is 237 Å². The van der Waals surface area contributed by atoms with E-state index in [0.29, 0.717) is 25.7 Å². The predicted molar refractivity (Wildman–Crippen MR) is 405 cm³/mol. The highest BCUT2D eigenvalue weighted by Crippen LogP contribution is 2.45. The number of hydrogen-bond acceptors (Lipinski definition) is 15. The maximum absolute atomic E-state index is 13.1. The van der Waals surface area contributed by atoms with Gasteiger partial charge in [-0.2, -0.15) is 0 Å². The standard InChI is InChI=1S/C80H156O17P2/c1-8-11-12-13-14-15-16-17-18-19-23-26-32-40-47-54-61-77(82)90-67-75(96-79(84)63-56-49-42-33-27-24-21-20-22-25-30-38-45-52-59-72(6)9-2)69-94-98(86,87)92-65-74(81)66-93-99(88,89)95-70-76(68-91-78(83)62-55-48-41-36-35-37-44-51-58-71(4)5)97-80(85)64-57-50-43-34-29-28-31-39-46-53-60-73(7)10-3/h71-76,81H,8-70H2,1-7H3,(H,86,87)(H,88,89)/t72?,73?,74-,75-,76-/m1/s1. The highest BCUT2D eigenvalue weighted by molar-refractivity contribution is 7.47. The summed E-state index contributed by atoms with van der Waals surface area (Å²) in [6, 6.07) is 0. The van der Waals surface area contributed by atoms with E-state index in [0.717, 1.165) is 108 Å². The number of unbranched alkanes of at least 4 members (excludes halogenated alkanes) is 44. The molecule has 0 bridgehead atoms. The third kappa shape index (κ3) is 71.5. The molecule has 0 aliphatic carbocycles. The minimum Gasteiger partial charge on any atom is -0.462 e. The first kappa shape index (κ1) is 97.1. The van der Waals surface area contributed by atoms with Crippen molar-refractivity contribution >= 4 is 39.5 Å². The van der Waals surface area contributed by atoms with Crippen LogP contribution >= 0.6 is 15.6 Å². The fourth-order valence-electron chi connectivity index (χ4n) is 12.2. The van der Waals surface area contributed by atoms with Gasteiger partial charge in [0.05, 0.1) is 26.4 Å². The summed E-state index contributed by atoms with van der Waals surface area (Å²) >= 11 is 0. The van der Waals surface area contributed by atoms with Crippen LogP contribution in [0.4, 0.5) is 0 Å². The van der Waals surface area contributed by atoms with E-state index in [1.54, 1.807) is 0 Å². The van der Waals surface area contributed by atoms with Gasteiger partial charge >= 0.3 is 39.5 Å². The summed E-state index contributed by atoms with van der Waals surface area (Å²) in [5.74, 6) is 0.263. The molecule has 0 aromatic rings. The monoisotopic (exact) mass is 1450 g/mol. The molecule has 0 aromatic carbocycles. The van der Waals surface area contributed by atoms with Gasteiger partial charge in [-0.3, -0.25) is 37.3 Å². The normalized spacial score (nSPS) is 14.5. The van der Waals surface area contributed by atoms with Crippen molar-refractivity contribution in [2.24, 2.45) is 17.8 Å². The van der Waals surface area contributed by atoms with Crippen LogP contribution in [0.2, 0.25) is 0 Å². The average Bonchev–Trinajstić information content (AvgIpc) is 1.19. The van der Waals surface area contributed by atoms with Gasteiger partial charge in [0.25, 0.3) is 0 Å². The molecule has 0 rings (SSSR count). The highest BCUT2D eigenvalue weighted by atomic mass is 31.2. The van der Waals surface area contributed by atoms with Gasteiger partial charge in [-0.25, -0.2) is 9.13 Å². The van der Waals surface area contributed by atoms with Crippen molar-refractivity contribution in [1.29, 1.82) is 0 Å². The molecule has 19 heteroatoms.